The van der Waals surface area contributed by atoms with Crippen LogP contribution in [0.15, 0.2) is 30.3 Å². The summed E-state index contributed by atoms with van der Waals surface area (Å²) in [6.45, 7) is 4.07. The van der Waals surface area contributed by atoms with Crippen molar-refractivity contribution < 1.29 is 4.79 Å². The Labute approximate surface area is 97.3 Å². The van der Waals surface area contributed by atoms with E-state index in [2.05, 4.69) is 17.0 Å². The Bertz CT molecular complexity index is 341. The second-order valence-electron chi connectivity index (χ2n) is 4.38. The summed E-state index contributed by atoms with van der Waals surface area (Å²) in [7, 11) is 0. The van der Waals surface area contributed by atoms with Crippen molar-refractivity contribution >= 4 is 5.78 Å². The Balaban J connectivity index is 2.24. The van der Waals surface area contributed by atoms with Crippen LogP contribution in [0, 0.1) is 0 Å². The number of Topliss-reactive ketones (excluding diaryl/α,β-unsaturated/α-hetero) is 1. The molecule has 1 atom stereocenters. The summed E-state index contributed by atoms with van der Waals surface area (Å²) in [5, 5.41) is 0. The van der Waals surface area contributed by atoms with E-state index in [9.17, 15) is 4.79 Å². The second-order valence-corrected chi connectivity index (χ2v) is 4.38. The molecule has 0 N–H and O–H groups in total. The average Bonchev–Trinajstić information content (AvgIpc) is 2.84. The van der Waals surface area contributed by atoms with Crippen LogP contribution in [0.2, 0.25) is 0 Å². The highest BCUT2D eigenvalue weighted by molar-refractivity contribution is 5.85. The third-order valence-electron chi connectivity index (χ3n) is 3.27. The van der Waals surface area contributed by atoms with Gasteiger partial charge in [0.05, 0.1) is 6.04 Å². The molecule has 86 valence electrons. The fraction of sp³-hybridized carbons (Fsp3) is 0.500. The van der Waals surface area contributed by atoms with E-state index in [-0.39, 0.29) is 6.04 Å². The quantitative estimate of drug-likeness (QED) is 0.773. The van der Waals surface area contributed by atoms with Crippen molar-refractivity contribution in [3.8, 4) is 0 Å². The monoisotopic (exact) mass is 217 g/mol. The highest BCUT2D eigenvalue weighted by Crippen LogP contribution is 2.26. The number of rotatable bonds is 4. The van der Waals surface area contributed by atoms with Crippen LogP contribution in [0.5, 0.6) is 0 Å². The van der Waals surface area contributed by atoms with Crippen LogP contribution in [0.3, 0.4) is 0 Å². The fourth-order valence-corrected chi connectivity index (χ4v) is 2.43. The predicted molar refractivity (Wildman–Crippen MR) is 65.3 cm³/mol. The van der Waals surface area contributed by atoms with Gasteiger partial charge in [0.1, 0.15) is 0 Å². The number of ketones is 1. The molecule has 1 aromatic rings. The molecule has 0 saturated carbocycles. The highest BCUT2D eigenvalue weighted by atomic mass is 16.1. The standard InChI is InChI=1S/C14H19NO/c1-2-13(16)14(15-10-6-7-11-15)12-8-4-3-5-9-12/h3-5,8-9,14H,2,6-7,10-11H2,1H3/t14-/m1/s1. The Morgan fingerprint density at radius 3 is 2.44 bits per heavy atom. The van der Waals surface area contributed by atoms with Crippen molar-refractivity contribution in [1.29, 1.82) is 0 Å². The van der Waals surface area contributed by atoms with Crippen molar-refractivity contribution in [3.05, 3.63) is 35.9 Å². The second kappa shape index (κ2) is 5.26. The molecule has 1 aliphatic rings. The van der Waals surface area contributed by atoms with Crippen LogP contribution in [-0.4, -0.2) is 23.8 Å². The molecule has 0 radical (unpaired) electrons. The van der Waals surface area contributed by atoms with E-state index >= 15 is 0 Å². The van der Waals surface area contributed by atoms with Gasteiger partial charge < -0.3 is 0 Å². The lowest BCUT2D eigenvalue weighted by Crippen LogP contribution is -2.31. The van der Waals surface area contributed by atoms with Gasteiger partial charge >= 0.3 is 0 Å². The molecular formula is C14H19NO. The lowest BCUT2D eigenvalue weighted by molar-refractivity contribution is -0.123. The minimum Gasteiger partial charge on any atom is -0.298 e. The van der Waals surface area contributed by atoms with Gasteiger partial charge in [-0.1, -0.05) is 37.3 Å². The average molecular weight is 217 g/mol. The van der Waals surface area contributed by atoms with Crippen LogP contribution in [0.25, 0.3) is 0 Å². The first kappa shape index (κ1) is 11.3. The van der Waals surface area contributed by atoms with Gasteiger partial charge in [0.15, 0.2) is 5.78 Å². The minimum atomic E-state index is -0.00583. The van der Waals surface area contributed by atoms with Crippen molar-refractivity contribution in [2.45, 2.75) is 32.2 Å². The largest absolute Gasteiger partial charge is 0.298 e. The molecule has 0 aromatic heterocycles. The van der Waals surface area contributed by atoms with E-state index in [0.29, 0.717) is 12.2 Å². The van der Waals surface area contributed by atoms with Gasteiger partial charge in [-0.3, -0.25) is 9.69 Å². The number of likely N-dealkylation sites (tertiary alicyclic amines) is 1. The molecular weight excluding hydrogens is 198 g/mol. The third kappa shape index (κ3) is 2.33. The summed E-state index contributed by atoms with van der Waals surface area (Å²) in [6, 6.07) is 10.2. The fourth-order valence-electron chi connectivity index (χ4n) is 2.43. The molecule has 0 bridgehead atoms. The number of hydrogen-bond donors (Lipinski definition) is 0. The lowest BCUT2D eigenvalue weighted by Gasteiger charge is -2.26. The molecule has 0 amide bonds. The minimum absolute atomic E-state index is 0.00583. The summed E-state index contributed by atoms with van der Waals surface area (Å²) in [4.78, 5) is 14.4. The summed E-state index contributed by atoms with van der Waals surface area (Å²) >= 11 is 0. The van der Waals surface area contributed by atoms with Gasteiger partial charge in [-0.15, -0.1) is 0 Å². The van der Waals surface area contributed by atoms with Crippen LogP contribution < -0.4 is 0 Å². The SMILES string of the molecule is CCC(=O)[C@@H](c1ccccc1)N1CCCC1. The third-order valence-corrected chi connectivity index (χ3v) is 3.27. The van der Waals surface area contributed by atoms with Gasteiger partial charge in [0.25, 0.3) is 0 Å². The number of carbonyl (C=O) groups excluding carboxylic acids is 1. The van der Waals surface area contributed by atoms with Crippen LogP contribution in [0.1, 0.15) is 37.8 Å². The summed E-state index contributed by atoms with van der Waals surface area (Å²) in [6.07, 6.45) is 3.07. The molecule has 0 unspecified atom stereocenters. The van der Waals surface area contributed by atoms with Gasteiger partial charge in [0.2, 0.25) is 0 Å². The first-order valence-electron chi connectivity index (χ1n) is 6.14. The zero-order valence-electron chi connectivity index (χ0n) is 9.86. The molecule has 2 nitrogen and oxygen atoms in total. The van der Waals surface area contributed by atoms with Crippen LogP contribution >= 0.6 is 0 Å². The van der Waals surface area contributed by atoms with Gasteiger partial charge in [-0.2, -0.15) is 0 Å². The van der Waals surface area contributed by atoms with Gasteiger partial charge in [0, 0.05) is 6.42 Å². The van der Waals surface area contributed by atoms with Gasteiger partial charge in [-0.25, -0.2) is 0 Å². The maximum atomic E-state index is 12.1. The molecule has 1 saturated heterocycles. The Morgan fingerprint density at radius 1 is 1.25 bits per heavy atom. The number of nitrogens with zero attached hydrogens (tertiary/aromatic N) is 1. The molecule has 2 rings (SSSR count). The maximum absolute atomic E-state index is 12.1. The van der Waals surface area contributed by atoms with E-state index in [1.807, 2.05) is 25.1 Å². The summed E-state index contributed by atoms with van der Waals surface area (Å²) in [5.41, 5.74) is 1.15. The van der Waals surface area contributed by atoms with Crippen LogP contribution in [0.4, 0.5) is 0 Å². The van der Waals surface area contributed by atoms with E-state index in [1.54, 1.807) is 0 Å². The number of carbonyl (C=O) groups is 1. The zero-order chi connectivity index (χ0) is 11.4. The van der Waals surface area contributed by atoms with Crippen molar-refractivity contribution in [1.82, 2.24) is 4.90 Å². The van der Waals surface area contributed by atoms with Crippen molar-refractivity contribution in [3.63, 3.8) is 0 Å². The first-order valence-corrected chi connectivity index (χ1v) is 6.14. The molecule has 1 heterocycles. The van der Waals surface area contributed by atoms with E-state index in [0.717, 1.165) is 18.7 Å². The molecule has 1 aliphatic heterocycles. The topological polar surface area (TPSA) is 20.3 Å². The predicted octanol–water partition coefficient (Wildman–Crippen LogP) is 2.80. The van der Waals surface area contributed by atoms with E-state index in [1.165, 1.54) is 12.8 Å². The van der Waals surface area contributed by atoms with E-state index < -0.39 is 0 Å². The molecule has 2 heteroatoms. The summed E-state index contributed by atoms with van der Waals surface area (Å²) in [5.74, 6) is 0.341. The highest BCUT2D eigenvalue weighted by Gasteiger charge is 2.27. The van der Waals surface area contributed by atoms with Crippen LogP contribution in [-0.2, 0) is 4.79 Å². The normalized spacial score (nSPS) is 18.6. The molecule has 1 fully saturated rings. The molecule has 0 aliphatic carbocycles. The Morgan fingerprint density at radius 2 is 1.88 bits per heavy atom. The molecule has 16 heavy (non-hydrogen) atoms. The van der Waals surface area contributed by atoms with E-state index in [4.69, 9.17) is 0 Å². The molecule has 1 aromatic carbocycles. The smallest absolute Gasteiger partial charge is 0.154 e. The van der Waals surface area contributed by atoms with Crippen molar-refractivity contribution in [2.24, 2.45) is 0 Å². The molecule has 0 spiro atoms. The first-order chi connectivity index (χ1) is 7.83. The maximum Gasteiger partial charge on any atom is 0.154 e. The lowest BCUT2D eigenvalue weighted by atomic mass is 10.00. The van der Waals surface area contributed by atoms with Crippen molar-refractivity contribution in [2.75, 3.05) is 13.1 Å². The number of benzene rings is 1. The number of hydrogen-bond acceptors (Lipinski definition) is 2. The zero-order valence-corrected chi connectivity index (χ0v) is 9.86. The summed E-state index contributed by atoms with van der Waals surface area (Å²) < 4.78 is 0. The Kier molecular flexibility index (Phi) is 3.73. The van der Waals surface area contributed by atoms with Gasteiger partial charge in [-0.05, 0) is 31.5 Å². The Hall–Kier alpha value is -1.15.